The third-order valence-electron chi connectivity index (χ3n) is 7.56. The lowest BCUT2D eigenvalue weighted by Gasteiger charge is -2.26. The van der Waals surface area contributed by atoms with Gasteiger partial charge in [-0.25, -0.2) is 0 Å². The topological polar surface area (TPSA) is 7.65 Å². The minimum Gasteiger partial charge on any atom is -0.310 e. The van der Waals surface area contributed by atoms with Gasteiger partial charge in [0.2, 0.25) is 0 Å². The summed E-state index contributed by atoms with van der Waals surface area (Å²) in [4.78, 5) is 2.33. The van der Waals surface area contributed by atoms with Crippen molar-refractivity contribution in [1.29, 1.82) is 0 Å². The number of halogens is 1. The van der Waals surface area contributed by atoms with Crippen molar-refractivity contribution in [2.75, 3.05) is 4.90 Å². The zero-order valence-electron chi connectivity index (χ0n) is 19.9. The first-order chi connectivity index (χ1) is 18.3. The summed E-state index contributed by atoms with van der Waals surface area (Å²) in [5.74, 6) is 0. The molecule has 0 aliphatic heterocycles. The summed E-state index contributed by atoms with van der Waals surface area (Å²) in [5.41, 5.74) is 7.14. The SMILES string of the molecule is Brc1ccc2c3ccc(N(c4ccccc4)c4ccccc4)cc3n3c4ccccc4c4ccc1c2c43. The van der Waals surface area contributed by atoms with Crippen LogP contribution in [-0.4, -0.2) is 4.40 Å². The highest BCUT2D eigenvalue weighted by atomic mass is 79.9. The molecular weight excluding hydrogens is 516 g/mol. The van der Waals surface area contributed by atoms with E-state index in [-0.39, 0.29) is 0 Å². The second kappa shape index (κ2) is 7.83. The largest absolute Gasteiger partial charge is 0.310 e. The normalized spacial score (nSPS) is 11.9. The van der Waals surface area contributed by atoms with E-state index in [1.165, 1.54) is 48.9 Å². The summed E-state index contributed by atoms with van der Waals surface area (Å²) >= 11 is 3.82. The van der Waals surface area contributed by atoms with Gasteiger partial charge in [0.15, 0.2) is 0 Å². The van der Waals surface area contributed by atoms with Crippen molar-refractivity contribution in [3.63, 3.8) is 0 Å². The van der Waals surface area contributed by atoms with Crippen molar-refractivity contribution in [3.8, 4) is 0 Å². The Labute approximate surface area is 222 Å². The molecule has 0 amide bonds. The Bertz CT molecular complexity index is 2050. The van der Waals surface area contributed by atoms with Crippen molar-refractivity contribution >= 4 is 81.9 Å². The van der Waals surface area contributed by atoms with E-state index >= 15 is 0 Å². The van der Waals surface area contributed by atoms with Gasteiger partial charge in [-0.2, -0.15) is 0 Å². The Balaban J connectivity index is 1.55. The van der Waals surface area contributed by atoms with Gasteiger partial charge in [0, 0.05) is 43.1 Å². The number of hydrogen-bond acceptors (Lipinski definition) is 1. The third kappa shape index (κ3) is 2.92. The molecule has 37 heavy (non-hydrogen) atoms. The molecule has 2 heterocycles. The first kappa shape index (κ1) is 20.8. The lowest BCUT2D eigenvalue weighted by Crippen LogP contribution is -2.10. The second-order valence-electron chi connectivity index (χ2n) is 9.54. The van der Waals surface area contributed by atoms with Crippen molar-refractivity contribution in [2.24, 2.45) is 0 Å². The summed E-state index contributed by atoms with van der Waals surface area (Å²) in [7, 11) is 0. The van der Waals surface area contributed by atoms with E-state index in [0.717, 1.165) is 21.5 Å². The van der Waals surface area contributed by atoms with Crippen LogP contribution in [0, 0.1) is 0 Å². The summed E-state index contributed by atoms with van der Waals surface area (Å²) in [5, 5.41) is 7.67. The molecule has 2 nitrogen and oxygen atoms in total. The van der Waals surface area contributed by atoms with Crippen LogP contribution in [0.5, 0.6) is 0 Å². The van der Waals surface area contributed by atoms with E-state index in [4.69, 9.17) is 0 Å². The van der Waals surface area contributed by atoms with E-state index in [0.29, 0.717) is 0 Å². The van der Waals surface area contributed by atoms with Crippen LogP contribution in [0.1, 0.15) is 0 Å². The first-order valence-corrected chi connectivity index (χ1v) is 13.3. The molecule has 0 atom stereocenters. The van der Waals surface area contributed by atoms with Gasteiger partial charge in [-0.1, -0.05) is 94.8 Å². The van der Waals surface area contributed by atoms with Gasteiger partial charge in [0.05, 0.1) is 16.6 Å². The van der Waals surface area contributed by atoms with E-state index in [1.807, 2.05) is 0 Å². The van der Waals surface area contributed by atoms with Gasteiger partial charge in [0.25, 0.3) is 0 Å². The molecule has 0 N–H and O–H groups in total. The molecule has 2 aromatic heterocycles. The molecule has 6 aromatic carbocycles. The molecule has 8 aromatic rings. The number of pyridine rings is 1. The van der Waals surface area contributed by atoms with Crippen molar-refractivity contribution < 1.29 is 0 Å². The summed E-state index contributed by atoms with van der Waals surface area (Å²) < 4.78 is 3.60. The Hall–Kier alpha value is -4.34. The molecule has 3 heteroatoms. The molecule has 8 rings (SSSR count). The van der Waals surface area contributed by atoms with Crippen LogP contribution in [0.4, 0.5) is 17.1 Å². The number of aromatic nitrogens is 1. The molecule has 0 unspecified atom stereocenters. The molecular formula is C34H21BrN2. The number of benzene rings is 6. The highest BCUT2D eigenvalue weighted by molar-refractivity contribution is 9.10. The van der Waals surface area contributed by atoms with Crippen LogP contribution in [0.25, 0.3) is 48.9 Å². The molecule has 0 saturated carbocycles. The maximum Gasteiger partial charge on any atom is 0.0626 e. The van der Waals surface area contributed by atoms with E-state index in [2.05, 4.69) is 153 Å². The lowest BCUT2D eigenvalue weighted by molar-refractivity contribution is 1.28. The van der Waals surface area contributed by atoms with Crippen LogP contribution in [0.2, 0.25) is 0 Å². The average molecular weight is 537 g/mol. The maximum atomic E-state index is 3.82. The minimum absolute atomic E-state index is 1.13. The standard InChI is InChI=1S/C34H21BrN2/c35-30-20-19-27-26-16-15-24(36(22-9-3-1-4-10-22)23-11-5-2-6-12-23)21-32(26)37-31-14-8-7-13-25(31)28-17-18-29(30)33(27)34(28)37/h1-21H. The van der Waals surface area contributed by atoms with E-state index < -0.39 is 0 Å². The van der Waals surface area contributed by atoms with Crippen LogP contribution in [0.3, 0.4) is 0 Å². The molecule has 0 radical (unpaired) electrons. The molecule has 0 aliphatic carbocycles. The number of fused-ring (bicyclic) bond motifs is 6. The van der Waals surface area contributed by atoms with Gasteiger partial charge in [-0.3, -0.25) is 0 Å². The molecule has 174 valence electrons. The summed E-state index contributed by atoms with van der Waals surface area (Å²) in [6.45, 7) is 0. The predicted octanol–water partition coefficient (Wildman–Crippen LogP) is 10.2. The van der Waals surface area contributed by atoms with Crippen LogP contribution in [-0.2, 0) is 0 Å². The Morgan fingerprint density at radius 1 is 0.459 bits per heavy atom. The molecule has 0 spiro atoms. The fourth-order valence-electron chi connectivity index (χ4n) is 6.01. The van der Waals surface area contributed by atoms with Crippen LogP contribution < -0.4 is 4.90 Å². The number of rotatable bonds is 3. The van der Waals surface area contributed by atoms with Gasteiger partial charge >= 0.3 is 0 Å². The van der Waals surface area contributed by atoms with Crippen molar-refractivity contribution in [2.45, 2.75) is 0 Å². The first-order valence-electron chi connectivity index (χ1n) is 12.5. The smallest absolute Gasteiger partial charge is 0.0626 e. The number of hydrogen-bond donors (Lipinski definition) is 0. The van der Waals surface area contributed by atoms with Crippen molar-refractivity contribution in [3.05, 3.63) is 132 Å². The van der Waals surface area contributed by atoms with Gasteiger partial charge in [0.1, 0.15) is 0 Å². The molecule has 0 bridgehead atoms. The Morgan fingerprint density at radius 2 is 1.05 bits per heavy atom. The summed E-state index contributed by atoms with van der Waals surface area (Å²) in [6.07, 6.45) is 0. The second-order valence-corrected chi connectivity index (χ2v) is 10.4. The van der Waals surface area contributed by atoms with Crippen molar-refractivity contribution in [1.82, 2.24) is 4.40 Å². The Morgan fingerprint density at radius 3 is 1.81 bits per heavy atom. The third-order valence-corrected chi connectivity index (χ3v) is 8.25. The zero-order chi connectivity index (χ0) is 24.5. The molecule has 0 saturated heterocycles. The fourth-order valence-corrected chi connectivity index (χ4v) is 6.47. The molecule has 0 fully saturated rings. The van der Waals surface area contributed by atoms with Crippen LogP contribution >= 0.6 is 15.9 Å². The number of para-hydroxylation sites is 3. The predicted molar refractivity (Wildman–Crippen MR) is 161 cm³/mol. The van der Waals surface area contributed by atoms with Crippen LogP contribution in [0.15, 0.2) is 132 Å². The van der Waals surface area contributed by atoms with Gasteiger partial charge in [-0.15, -0.1) is 0 Å². The quantitative estimate of drug-likeness (QED) is 0.161. The lowest BCUT2D eigenvalue weighted by atomic mass is 9.98. The monoisotopic (exact) mass is 536 g/mol. The van der Waals surface area contributed by atoms with Gasteiger partial charge < -0.3 is 9.30 Å². The van der Waals surface area contributed by atoms with E-state index in [9.17, 15) is 0 Å². The number of anilines is 3. The number of nitrogens with zero attached hydrogens (tertiary/aromatic N) is 2. The fraction of sp³-hybridized carbons (Fsp3) is 0. The van der Waals surface area contributed by atoms with Gasteiger partial charge in [-0.05, 0) is 59.3 Å². The highest BCUT2D eigenvalue weighted by Gasteiger charge is 2.20. The minimum atomic E-state index is 1.13. The molecule has 0 aliphatic rings. The Kier molecular flexibility index (Phi) is 4.40. The summed E-state index contributed by atoms with van der Waals surface area (Å²) in [6, 6.07) is 45.9. The maximum absolute atomic E-state index is 3.82. The highest BCUT2D eigenvalue weighted by Crippen LogP contribution is 2.44. The zero-order valence-corrected chi connectivity index (χ0v) is 21.5. The van der Waals surface area contributed by atoms with E-state index in [1.54, 1.807) is 0 Å². The average Bonchev–Trinajstić information content (AvgIpc) is 3.30.